The maximum Gasteiger partial charge on any atom is 0.321 e. The second-order valence-corrected chi connectivity index (χ2v) is 11.0. The van der Waals surface area contributed by atoms with E-state index in [1.54, 1.807) is 9.80 Å². The molecular formula is C30H32BrN5O3. The predicted molar refractivity (Wildman–Crippen MR) is 155 cm³/mol. The summed E-state index contributed by atoms with van der Waals surface area (Å²) in [6, 6.07) is 26.7. The molecule has 3 aromatic carbocycles. The molecule has 0 aliphatic carbocycles. The SMILES string of the molecule is CC(NC(=O)CN1CN(c2ccccc2)C2(CCN(C(=O)Nc3cccc(Br)c3)CC2)C1=O)c1ccccc1. The van der Waals surface area contributed by atoms with Crippen molar-refractivity contribution in [3.63, 3.8) is 0 Å². The number of anilines is 2. The Balaban J connectivity index is 1.29. The Kier molecular flexibility index (Phi) is 7.88. The zero-order valence-electron chi connectivity index (χ0n) is 21.8. The second kappa shape index (κ2) is 11.5. The quantitative estimate of drug-likeness (QED) is 0.424. The summed E-state index contributed by atoms with van der Waals surface area (Å²) in [4.78, 5) is 45.4. The molecule has 9 heteroatoms. The maximum atomic E-state index is 13.9. The van der Waals surface area contributed by atoms with E-state index in [0.717, 1.165) is 15.7 Å². The molecule has 1 spiro atoms. The van der Waals surface area contributed by atoms with Crippen molar-refractivity contribution in [3.05, 3.63) is 95.0 Å². The molecule has 1 atom stereocenters. The molecule has 202 valence electrons. The number of piperidine rings is 1. The van der Waals surface area contributed by atoms with Crippen LogP contribution in [0.2, 0.25) is 0 Å². The third-order valence-electron chi connectivity index (χ3n) is 7.55. The molecule has 39 heavy (non-hydrogen) atoms. The van der Waals surface area contributed by atoms with Crippen LogP contribution < -0.4 is 15.5 Å². The lowest BCUT2D eigenvalue weighted by molar-refractivity contribution is -0.137. The Hall–Kier alpha value is -3.85. The average Bonchev–Trinajstić information content (AvgIpc) is 3.20. The second-order valence-electron chi connectivity index (χ2n) is 10.1. The lowest BCUT2D eigenvalue weighted by Crippen LogP contribution is -2.58. The summed E-state index contributed by atoms with van der Waals surface area (Å²) in [6.07, 6.45) is 0.955. The van der Waals surface area contributed by atoms with Gasteiger partial charge in [0.05, 0.1) is 12.7 Å². The van der Waals surface area contributed by atoms with Crippen molar-refractivity contribution in [2.75, 3.05) is 36.5 Å². The van der Waals surface area contributed by atoms with E-state index >= 15 is 0 Å². The molecule has 1 unspecified atom stereocenters. The number of carbonyl (C=O) groups excluding carboxylic acids is 3. The number of hydrogen-bond donors (Lipinski definition) is 2. The van der Waals surface area contributed by atoms with Gasteiger partial charge in [-0.25, -0.2) is 4.79 Å². The van der Waals surface area contributed by atoms with Crippen molar-refractivity contribution in [2.24, 2.45) is 0 Å². The summed E-state index contributed by atoms with van der Waals surface area (Å²) in [7, 11) is 0. The van der Waals surface area contributed by atoms with Crippen molar-refractivity contribution in [1.29, 1.82) is 0 Å². The number of carbonyl (C=O) groups is 3. The summed E-state index contributed by atoms with van der Waals surface area (Å²) in [6.45, 7) is 3.10. The van der Waals surface area contributed by atoms with Gasteiger partial charge in [-0.1, -0.05) is 70.5 Å². The Bertz CT molecular complexity index is 1330. The summed E-state index contributed by atoms with van der Waals surface area (Å²) in [5, 5.41) is 5.97. The van der Waals surface area contributed by atoms with E-state index in [1.165, 1.54) is 0 Å². The van der Waals surface area contributed by atoms with Gasteiger partial charge in [-0.05, 0) is 55.7 Å². The van der Waals surface area contributed by atoms with Crippen LogP contribution >= 0.6 is 15.9 Å². The number of amides is 4. The first kappa shape index (κ1) is 26.7. The van der Waals surface area contributed by atoms with Crippen molar-refractivity contribution >= 4 is 45.2 Å². The molecule has 2 fully saturated rings. The lowest BCUT2D eigenvalue weighted by Gasteiger charge is -2.43. The van der Waals surface area contributed by atoms with Crippen LogP contribution in [-0.2, 0) is 9.59 Å². The van der Waals surface area contributed by atoms with Crippen molar-refractivity contribution in [3.8, 4) is 0 Å². The fourth-order valence-corrected chi connectivity index (χ4v) is 5.86. The maximum absolute atomic E-state index is 13.9. The number of nitrogens with one attached hydrogen (secondary N) is 2. The molecular weight excluding hydrogens is 558 g/mol. The monoisotopic (exact) mass is 589 g/mol. The summed E-state index contributed by atoms with van der Waals surface area (Å²) in [5.41, 5.74) is 1.84. The molecule has 3 aromatic rings. The van der Waals surface area contributed by atoms with Crippen LogP contribution in [0.15, 0.2) is 89.4 Å². The number of halogens is 1. The van der Waals surface area contributed by atoms with E-state index in [4.69, 9.17) is 0 Å². The normalized spacial score (nSPS) is 17.3. The molecule has 0 aromatic heterocycles. The number of benzene rings is 3. The van der Waals surface area contributed by atoms with Crippen LogP contribution in [0.5, 0.6) is 0 Å². The first-order chi connectivity index (χ1) is 18.9. The highest BCUT2D eigenvalue weighted by molar-refractivity contribution is 9.10. The van der Waals surface area contributed by atoms with Gasteiger partial charge in [0.15, 0.2) is 0 Å². The smallest absolute Gasteiger partial charge is 0.321 e. The molecule has 0 saturated carbocycles. The number of nitrogens with zero attached hydrogens (tertiary/aromatic N) is 3. The zero-order valence-corrected chi connectivity index (χ0v) is 23.4. The van der Waals surface area contributed by atoms with Crippen LogP contribution in [0.3, 0.4) is 0 Å². The Morgan fingerprint density at radius 2 is 1.62 bits per heavy atom. The predicted octanol–water partition coefficient (Wildman–Crippen LogP) is 5.00. The molecule has 2 N–H and O–H groups in total. The number of para-hydroxylation sites is 1. The summed E-state index contributed by atoms with van der Waals surface area (Å²) >= 11 is 3.43. The Morgan fingerprint density at radius 3 is 2.28 bits per heavy atom. The standard InChI is InChI=1S/C30H32BrN5O3/c1-22(23-9-4-2-5-10-23)32-27(37)20-35-21-36(26-13-6-3-7-14-26)30(28(35)38)15-17-34(18-16-30)29(39)33-25-12-8-11-24(31)19-25/h2-14,19,22H,15-18,20-21H2,1H3,(H,32,37)(H,33,39). The molecule has 0 bridgehead atoms. The van der Waals surface area contributed by atoms with E-state index in [0.29, 0.717) is 38.3 Å². The molecule has 5 rings (SSSR count). The number of urea groups is 1. The van der Waals surface area contributed by atoms with Gasteiger partial charge in [0.1, 0.15) is 12.1 Å². The van der Waals surface area contributed by atoms with Gasteiger partial charge < -0.3 is 25.3 Å². The highest BCUT2D eigenvalue weighted by Crippen LogP contribution is 2.39. The van der Waals surface area contributed by atoms with Gasteiger partial charge in [-0.15, -0.1) is 0 Å². The molecule has 4 amide bonds. The minimum Gasteiger partial charge on any atom is -0.348 e. The van der Waals surface area contributed by atoms with Gasteiger partial charge in [-0.2, -0.15) is 0 Å². The number of rotatable bonds is 6. The third kappa shape index (κ3) is 5.78. The number of likely N-dealkylation sites (tertiary alicyclic amines) is 1. The fraction of sp³-hybridized carbons (Fsp3) is 0.300. The Morgan fingerprint density at radius 1 is 0.949 bits per heavy atom. The van der Waals surface area contributed by atoms with E-state index in [1.807, 2.05) is 91.9 Å². The lowest BCUT2D eigenvalue weighted by atomic mass is 9.85. The minimum absolute atomic E-state index is 0.0197. The first-order valence-corrected chi connectivity index (χ1v) is 13.9. The van der Waals surface area contributed by atoms with E-state index < -0.39 is 5.54 Å². The third-order valence-corrected chi connectivity index (χ3v) is 8.04. The Labute approximate surface area is 237 Å². The van der Waals surface area contributed by atoms with Crippen molar-refractivity contribution in [2.45, 2.75) is 31.3 Å². The van der Waals surface area contributed by atoms with Crippen LogP contribution in [-0.4, -0.2) is 59.5 Å². The van der Waals surface area contributed by atoms with Gasteiger partial charge in [0.25, 0.3) is 5.91 Å². The van der Waals surface area contributed by atoms with Crippen LogP contribution in [0.1, 0.15) is 31.4 Å². The zero-order chi connectivity index (χ0) is 27.4. The molecule has 0 radical (unpaired) electrons. The molecule has 2 heterocycles. The molecule has 2 aliphatic heterocycles. The van der Waals surface area contributed by atoms with E-state index in [9.17, 15) is 14.4 Å². The summed E-state index contributed by atoms with van der Waals surface area (Å²) in [5.74, 6) is -0.267. The van der Waals surface area contributed by atoms with Gasteiger partial charge >= 0.3 is 6.03 Å². The number of hydrogen-bond acceptors (Lipinski definition) is 4. The van der Waals surface area contributed by atoms with Crippen molar-refractivity contribution < 1.29 is 14.4 Å². The molecule has 2 saturated heterocycles. The highest BCUT2D eigenvalue weighted by Gasteiger charge is 2.54. The van der Waals surface area contributed by atoms with E-state index in [2.05, 4.69) is 31.5 Å². The summed E-state index contributed by atoms with van der Waals surface area (Å²) < 4.78 is 0.884. The average molecular weight is 591 g/mol. The van der Waals surface area contributed by atoms with E-state index in [-0.39, 0.29) is 30.4 Å². The van der Waals surface area contributed by atoms with Crippen LogP contribution in [0, 0.1) is 0 Å². The molecule has 8 nitrogen and oxygen atoms in total. The largest absolute Gasteiger partial charge is 0.348 e. The van der Waals surface area contributed by atoms with Crippen LogP contribution in [0.4, 0.5) is 16.2 Å². The fourth-order valence-electron chi connectivity index (χ4n) is 5.46. The molecule has 2 aliphatic rings. The first-order valence-electron chi connectivity index (χ1n) is 13.1. The van der Waals surface area contributed by atoms with Crippen LogP contribution in [0.25, 0.3) is 0 Å². The van der Waals surface area contributed by atoms with Crippen molar-refractivity contribution in [1.82, 2.24) is 15.1 Å². The van der Waals surface area contributed by atoms with Gasteiger partial charge in [-0.3, -0.25) is 9.59 Å². The van der Waals surface area contributed by atoms with Gasteiger partial charge in [0, 0.05) is 28.9 Å². The highest BCUT2D eigenvalue weighted by atomic mass is 79.9. The minimum atomic E-state index is -0.806. The topological polar surface area (TPSA) is 85.0 Å². The van der Waals surface area contributed by atoms with Gasteiger partial charge in [0.2, 0.25) is 5.91 Å².